The smallest absolute Gasteiger partial charge is 0.242 e. The summed E-state index contributed by atoms with van der Waals surface area (Å²) >= 11 is 12.2. The van der Waals surface area contributed by atoms with Gasteiger partial charge in [-0.05, 0) is 43.0 Å². The maximum absolute atomic E-state index is 13.3. The highest BCUT2D eigenvalue weighted by Gasteiger charge is 2.28. The maximum Gasteiger partial charge on any atom is 0.242 e. The molecule has 0 aliphatic carbocycles. The van der Waals surface area contributed by atoms with Gasteiger partial charge in [-0.3, -0.25) is 9.59 Å². The SMILES string of the molecule is CCCNC(=O)C(CC)N(Cc1cccc(C)c1)C(=O)Cc1ccc(Cl)cc1Cl. The first kappa shape index (κ1) is 23.2. The number of benzene rings is 2. The monoisotopic (exact) mass is 434 g/mol. The summed E-state index contributed by atoms with van der Waals surface area (Å²) in [6.07, 6.45) is 1.48. The van der Waals surface area contributed by atoms with Crippen LogP contribution in [0.1, 0.15) is 43.4 Å². The Kier molecular flexibility index (Phi) is 8.99. The van der Waals surface area contributed by atoms with Gasteiger partial charge in [0, 0.05) is 23.1 Å². The molecule has 0 bridgehead atoms. The van der Waals surface area contributed by atoms with Gasteiger partial charge in [-0.2, -0.15) is 0 Å². The van der Waals surface area contributed by atoms with Gasteiger partial charge in [0.2, 0.25) is 11.8 Å². The number of carbonyl (C=O) groups is 2. The van der Waals surface area contributed by atoms with Crippen LogP contribution in [0, 0.1) is 6.92 Å². The summed E-state index contributed by atoms with van der Waals surface area (Å²) in [5, 5.41) is 3.89. The fourth-order valence-corrected chi connectivity index (χ4v) is 3.70. The molecule has 2 rings (SSSR count). The Morgan fingerprint density at radius 2 is 1.86 bits per heavy atom. The zero-order chi connectivity index (χ0) is 21.4. The molecular weight excluding hydrogens is 407 g/mol. The minimum absolute atomic E-state index is 0.110. The molecule has 2 aromatic carbocycles. The van der Waals surface area contributed by atoms with E-state index in [1.54, 1.807) is 23.1 Å². The van der Waals surface area contributed by atoms with Crippen LogP contribution in [0.25, 0.3) is 0 Å². The lowest BCUT2D eigenvalue weighted by atomic mass is 10.1. The molecule has 1 N–H and O–H groups in total. The van der Waals surface area contributed by atoms with Crippen molar-refractivity contribution in [2.24, 2.45) is 0 Å². The van der Waals surface area contributed by atoms with Gasteiger partial charge in [0.15, 0.2) is 0 Å². The quantitative estimate of drug-likeness (QED) is 0.590. The van der Waals surface area contributed by atoms with Crippen molar-refractivity contribution in [3.63, 3.8) is 0 Å². The zero-order valence-electron chi connectivity index (χ0n) is 17.2. The molecule has 2 amide bonds. The van der Waals surface area contributed by atoms with Gasteiger partial charge >= 0.3 is 0 Å². The van der Waals surface area contributed by atoms with E-state index in [0.29, 0.717) is 35.1 Å². The molecule has 0 radical (unpaired) electrons. The molecule has 0 saturated heterocycles. The number of hydrogen-bond acceptors (Lipinski definition) is 2. The summed E-state index contributed by atoms with van der Waals surface area (Å²) in [5.74, 6) is -0.271. The molecule has 29 heavy (non-hydrogen) atoms. The Morgan fingerprint density at radius 1 is 1.10 bits per heavy atom. The average Bonchev–Trinajstić information content (AvgIpc) is 2.68. The largest absolute Gasteiger partial charge is 0.354 e. The van der Waals surface area contributed by atoms with Crippen LogP contribution in [-0.2, 0) is 22.6 Å². The molecule has 156 valence electrons. The number of hydrogen-bond donors (Lipinski definition) is 1. The van der Waals surface area contributed by atoms with Crippen LogP contribution in [0.15, 0.2) is 42.5 Å². The second-order valence-corrected chi connectivity index (χ2v) is 7.98. The minimum atomic E-state index is -0.541. The van der Waals surface area contributed by atoms with Gasteiger partial charge in [-0.25, -0.2) is 0 Å². The Bertz CT molecular complexity index is 855. The van der Waals surface area contributed by atoms with Crippen LogP contribution in [0.5, 0.6) is 0 Å². The molecule has 0 aromatic heterocycles. The summed E-state index contributed by atoms with van der Waals surface area (Å²) < 4.78 is 0. The predicted molar refractivity (Wildman–Crippen MR) is 119 cm³/mol. The first-order valence-corrected chi connectivity index (χ1v) is 10.7. The second kappa shape index (κ2) is 11.2. The lowest BCUT2D eigenvalue weighted by Gasteiger charge is -2.31. The van der Waals surface area contributed by atoms with E-state index in [0.717, 1.165) is 17.5 Å². The number of carbonyl (C=O) groups excluding carboxylic acids is 2. The number of amides is 2. The van der Waals surface area contributed by atoms with Gasteiger partial charge in [0.05, 0.1) is 6.42 Å². The summed E-state index contributed by atoms with van der Waals surface area (Å²) in [6.45, 7) is 6.88. The van der Waals surface area contributed by atoms with Crippen LogP contribution in [0.4, 0.5) is 0 Å². The molecule has 2 aromatic rings. The first-order chi connectivity index (χ1) is 13.8. The number of halogens is 2. The van der Waals surface area contributed by atoms with Crippen molar-refractivity contribution in [2.75, 3.05) is 6.54 Å². The Balaban J connectivity index is 2.30. The van der Waals surface area contributed by atoms with Gasteiger partial charge < -0.3 is 10.2 Å². The van der Waals surface area contributed by atoms with E-state index in [4.69, 9.17) is 23.2 Å². The predicted octanol–water partition coefficient (Wildman–Crippen LogP) is 5.18. The number of nitrogens with zero attached hydrogens (tertiary/aromatic N) is 1. The van der Waals surface area contributed by atoms with Crippen molar-refractivity contribution in [3.05, 3.63) is 69.2 Å². The van der Waals surface area contributed by atoms with Crippen LogP contribution in [-0.4, -0.2) is 29.3 Å². The fourth-order valence-electron chi connectivity index (χ4n) is 3.22. The van der Waals surface area contributed by atoms with Crippen molar-refractivity contribution >= 4 is 35.0 Å². The minimum Gasteiger partial charge on any atom is -0.354 e. The standard InChI is InChI=1S/C23H28Cl2N2O2/c1-4-11-26-23(29)21(5-2)27(15-17-8-6-7-16(3)12-17)22(28)13-18-9-10-19(24)14-20(18)25/h6-10,12,14,21H,4-5,11,13,15H2,1-3H3,(H,26,29). The first-order valence-electron chi connectivity index (χ1n) is 9.92. The Morgan fingerprint density at radius 3 is 2.48 bits per heavy atom. The van der Waals surface area contributed by atoms with E-state index < -0.39 is 6.04 Å². The lowest BCUT2D eigenvalue weighted by Crippen LogP contribution is -2.49. The van der Waals surface area contributed by atoms with E-state index in [9.17, 15) is 9.59 Å². The van der Waals surface area contributed by atoms with Crippen LogP contribution < -0.4 is 5.32 Å². The van der Waals surface area contributed by atoms with Gasteiger partial charge in [0.1, 0.15) is 6.04 Å². The molecule has 0 saturated carbocycles. The molecule has 1 unspecified atom stereocenters. The van der Waals surface area contributed by atoms with Crippen molar-refractivity contribution in [2.45, 2.75) is 52.6 Å². The number of nitrogens with one attached hydrogen (secondary N) is 1. The fraction of sp³-hybridized carbons (Fsp3) is 0.391. The molecule has 0 heterocycles. The average molecular weight is 435 g/mol. The molecule has 4 nitrogen and oxygen atoms in total. The molecule has 6 heteroatoms. The maximum atomic E-state index is 13.3. The summed E-state index contributed by atoms with van der Waals surface area (Å²) in [6, 6.07) is 12.5. The molecule has 0 spiro atoms. The van der Waals surface area contributed by atoms with Gasteiger partial charge in [-0.15, -0.1) is 0 Å². The Labute approximate surface area is 183 Å². The van der Waals surface area contributed by atoms with Crippen molar-refractivity contribution in [1.29, 1.82) is 0 Å². The molecule has 0 fully saturated rings. The molecule has 1 atom stereocenters. The highest BCUT2D eigenvalue weighted by atomic mass is 35.5. The molecular formula is C23H28Cl2N2O2. The van der Waals surface area contributed by atoms with E-state index in [1.807, 2.05) is 45.0 Å². The summed E-state index contributed by atoms with van der Waals surface area (Å²) in [4.78, 5) is 27.7. The van der Waals surface area contributed by atoms with E-state index in [1.165, 1.54) is 0 Å². The number of aryl methyl sites for hydroxylation is 1. The van der Waals surface area contributed by atoms with Gasteiger partial charge in [-0.1, -0.05) is 72.9 Å². The van der Waals surface area contributed by atoms with E-state index in [2.05, 4.69) is 5.32 Å². The van der Waals surface area contributed by atoms with Crippen LogP contribution in [0.3, 0.4) is 0 Å². The highest BCUT2D eigenvalue weighted by molar-refractivity contribution is 6.35. The normalized spacial score (nSPS) is 11.8. The lowest BCUT2D eigenvalue weighted by molar-refractivity contribution is -0.140. The van der Waals surface area contributed by atoms with Crippen molar-refractivity contribution in [3.8, 4) is 0 Å². The van der Waals surface area contributed by atoms with Crippen LogP contribution >= 0.6 is 23.2 Å². The van der Waals surface area contributed by atoms with E-state index >= 15 is 0 Å². The topological polar surface area (TPSA) is 49.4 Å². The Hall–Kier alpha value is -2.04. The summed E-state index contributed by atoms with van der Waals surface area (Å²) in [7, 11) is 0. The number of rotatable bonds is 9. The highest BCUT2D eigenvalue weighted by Crippen LogP contribution is 2.23. The molecule has 0 aliphatic rings. The van der Waals surface area contributed by atoms with Crippen molar-refractivity contribution < 1.29 is 9.59 Å². The third kappa shape index (κ3) is 6.76. The van der Waals surface area contributed by atoms with Crippen LogP contribution in [0.2, 0.25) is 10.0 Å². The van der Waals surface area contributed by atoms with Crippen molar-refractivity contribution in [1.82, 2.24) is 10.2 Å². The third-order valence-corrected chi connectivity index (χ3v) is 5.31. The second-order valence-electron chi connectivity index (χ2n) is 7.14. The third-order valence-electron chi connectivity index (χ3n) is 4.73. The summed E-state index contributed by atoms with van der Waals surface area (Å²) in [5.41, 5.74) is 2.79. The van der Waals surface area contributed by atoms with Gasteiger partial charge in [0.25, 0.3) is 0 Å². The molecule has 0 aliphatic heterocycles. The van der Waals surface area contributed by atoms with E-state index in [-0.39, 0.29) is 18.2 Å². The zero-order valence-corrected chi connectivity index (χ0v) is 18.7.